The number of pyridine rings is 1. The molecule has 0 aliphatic rings. The van der Waals surface area contributed by atoms with Crippen LogP contribution < -0.4 is 10.6 Å². The molecule has 1 aromatic carbocycles. The number of aliphatic carboxylic acids is 1. The van der Waals surface area contributed by atoms with E-state index in [1.54, 1.807) is 30.5 Å². The second-order valence-electron chi connectivity index (χ2n) is 6.12. The van der Waals surface area contributed by atoms with Crippen LogP contribution in [0.25, 0.3) is 0 Å². The number of carbonyl (C=O) groups is 3. The maximum Gasteiger partial charge on any atom is 0.303 e. The number of carboxylic acid groups (broad SMARTS) is 1. The van der Waals surface area contributed by atoms with Gasteiger partial charge in [-0.3, -0.25) is 19.4 Å². The Hall–Kier alpha value is -3.22. The van der Waals surface area contributed by atoms with E-state index in [4.69, 9.17) is 5.11 Å². The minimum atomic E-state index is -0.835. The summed E-state index contributed by atoms with van der Waals surface area (Å²) >= 11 is 0. The van der Waals surface area contributed by atoms with Crippen molar-refractivity contribution in [3.8, 4) is 0 Å². The number of carboxylic acids is 1. The molecule has 0 spiro atoms. The van der Waals surface area contributed by atoms with Gasteiger partial charge in [0.25, 0.3) is 5.91 Å². The Balaban J connectivity index is 1.97. The number of para-hydroxylation sites is 1. The molecule has 27 heavy (non-hydrogen) atoms. The van der Waals surface area contributed by atoms with Gasteiger partial charge in [-0.2, -0.15) is 0 Å². The Bertz CT molecular complexity index is 750. The molecule has 0 saturated heterocycles. The van der Waals surface area contributed by atoms with Crippen LogP contribution in [-0.4, -0.2) is 33.9 Å². The highest BCUT2D eigenvalue weighted by molar-refractivity contribution is 6.01. The zero-order valence-corrected chi connectivity index (χ0v) is 14.9. The average Bonchev–Trinajstić information content (AvgIpc) is 2.68. The molecule has 7 nitrogen and oxygen atoms in total. The molecule has 142 valence electrons. The van der Waals surface area contributed by atoms with Gasteiger partial charge in [0.05, 0.1) is 5.56 Å². The van der Waals surface area contributed by atoms with Crippen molar-refractivity contribution >= 4 is 23.5 Å². The number of hydrogen-bond donors (Lipinski definition) is 3. The molecule has 2 rings (SSSR count). The summed E-state index contributed by atoms with van der Waals surface area (Å²) in [6, 6.07) is 11.6. The fourth-order valence-electron chi connectivity index (χ4n) is 2.56. The molecule has 1 unspecified atom stereocenters. The van der Waals surface area contributed by atoms with Crippen LogP contribution in [0.3, 0.4) is 0 Å². The molecule has 0 bridgehead atoms. The standard InChI is InChI=1S/C20H23N3O4/c24-18(25)12-6-2-5-11-17(20(27)22-16-9-3-1-4-10-16)23-19(26)15-8-7-13-21-14-15/h1,3-4,7-10,13-14,17H,2,5-6,11-12H2,(H,22,27)(H,23,26)(H,24,25). The lowest BCUT2D eigenvalue weighted by molar-refractivity contribution is -0.137. The van der Waals surface area contributed by atoms with Gasteiger partial charge in [-0.15, -0.1) is 0 Å². The summed E-state index contributed by atoms with van der Waals surface area (Å²) in [5, 5.41) is 14.2. The van der Waals surface area contributed by atoms with Crippen LogP contribution in [0.2, 0.25) is 0 Å². The third-order valence-corrected chi connectivity index (χ3v) is 3.97. The molecule has 0 aliphatic heterocycles. The highest BCUT2D eigenvalue weighted by atomic mass is 16.4. The van der Waals surface area contributed by atoms with E-state index in [0.717, 1.165) is 0 Å². The number of carbonyl (C=O) groups excluding carboxylic acids is 2. The number of rotatable bonds is 10. The number of anilines is 1. The Morgan fingerprint density at radius 1 is 1.00 bits per heavy atom. The predicted octanol–water partition coefficient (Wildman–Crippen LogP) is 2.85. The molecular weight excluding hydrogens is 346 g/mol. The third kappa shape index (κ3) is 7.27. The largest absolute Gasteiger partial charge is 0.481 e. The summed E-state index contributed by atoms with van der Waals surface area (Å²) in [5.74, 6) is -1.52. The van der Waals surface area contributed by atoms with Crippen LogP contribution in [0.4, 0.5) is 5.69 Å². The van der Waals surface area contributed by atoms with Crippen molar-refractivity contribution in [2.24, 2.45) is 0 Å². The summed E-state index contributed by atoms with van der Waals surface area (Å²) in [6.07, 6.45) is 5.37. The van der Waals surface area contributed by atoms with Crippen molar-refractivity contribution in [3.05, 3.63) is 60.4 Å². The lowest BCUT2D eigenvalue weighted by Gasteiger charge is -2.18. The summed E-state index contributed by atoms with van der Waals surface area (Å²) < 4.78 is 0. The quantitative estimate of drug-likeness (QED) is 0.558. The highest BCUT2D eigenvalue weighted by Gasteiger charge is 2.21. The Morgan fingerprint density at radius 3 is 2.44 bits per heavy atom. The Kier molecular flexibility index (Phi) is 7.96. The third-order valence-electron chi connectivity index (χ3n) is 3.97. The maximum absolute atomic E-state index is 12.6. The van der Waals surface area contributed by atoms with Crippen LogP contribution >= 0.6 is 0 Å². The first-order valence-electron chi connectivity index (χ1n) is 8.85. The zero-order chi connectivity index (χ0) is 19.5. The van der Waals surface area contributed by atoms with Crippen molar-refractivity contribution in [2.45, 2.75) is 38.1 Å². The van der Waals surface area contributed by atoms with Crippen LogP contribution in [0.15, 0.2) is 54.9 Å². The van der Waals surface area contributed by atoms with Crippen molar-refractivity contribution in [1.29, 1.82) is 0 Å². The molecule has 1 heterocycles. The number of aromatic nitrogens is 1. The lowest BCUT2D eigenvalue weighted by atomic mass is 10.1. The molecule has 3 N–H and O–H groups in total. The molecule has 1 atom stereocenters. The predicted molar refractivity (Wildman–Crippen MR) is 101 cm³/mol. The number of nitrogens with one attached hydrogen (secondary N) is 2. The van der Waals surface area contributed by atoms with E-state index in [1.165, 1.54) is 6.20 Å². The van der Waals surface area contributed by atoms with E-state index in [-0.39, 0.29) is 18.2 Å². The second kappa shape index (κ2) is 10.7. The number of nitrogens with zero attached hydrogens (tertiary/aromatic N) is 1. The summed E-state index contributed by atoms with van der Waals surface area (Å²) in [6.45, 7) is 0. The van der Waals surface area contributed by atoms with E-state index < -0.39 is 12.0 Å². The van der Waals surface area contributed by atoms with Gasteiger partial charge < -0.3 is 15.7 Å². The fraction of sp³-hybridized carbons (Fsp3) is 0.300. The van der Waals surface area contributed by atoms with Crippen LogP contribution in [0, 0.1) is 0 Å². The Labute approximate surface area is 157 Å². The van der Waals surface area contributed by atoms with Crippen LogP contribution in [0.1, 0.15) is 42.5 Å². The van der Waals surface area contributed by atoms with Gasteiger partial charge in [-0.25, -0.2) is 0 Å². The molecular formula is C20H23N3O4. The second-order valence-corrected chi connectivity index (χ2v) is 6.12. The van der Waals surface area contributed by atoms with Gasteiger partial charge in [0.2, 0.25) is 5.91 Å². The van der Waals surface area contributed by atoms with Gasteiger partial charge in [-0.1, -0.05) is 31.0 Å². The van der Waals surface area contributed by atoms with E-state index in [1.807, 2.05) is 18.2 Å². The first kappa shape index (κ1) is 20.1. The van der Waals surface area contributed by atoms with Crippen molar-refractivity contribution in [3.63, 3.8) is 0 Å². The molecule has 0 aliphatic carbocycles. The molecule has 0 fully saturated rings. The summed E-state index contributed by atoms with van der Waals surface area (Å²) in [5.41, 5.74) is 1.02. The van der Waals surface area contributed by atoms with Crippen LogP contribution in [-0.2, 0) is 9.59 Å². The topological polar surface area (TPSA) is 108 Å². The molecule has 1 aromatic heterocycles. The smallest absolute Gasteiger partial charge is 0.303 e. The van der Waals surface area contributed by atoms with Gasteiger partial charge in [-0.05, 0) is 37.1 Å². The summed E-state index contributed by atoms with van der Waals surface area (Å²) in [4.78, 5) is 39.5. The van der Waals surface area contributed by atoms with E-state index in [9.17, 15) is 14.4 Å². The molecule has 0 radical (unpaired) electrons. The van der Waals surface area contributed by atoms with Crippen molar-refractivity contribution in [2.75, 3.05) is 5.32 Å². The molecule has 0 saturated carbocycles. The van der Waals surface area contributed by atoms with Gasteiger partial charge in [0.1, 0.15) is 6.04 Å². The van der Waals surface area contributed by atoms with E-state index in [2.05, 4.69) is 15.6 Å². The minimum Gasteiger partial charge on any atom is -0.481 e. The van der Waals surface area contributed by atoms with E-state index >= 15 is 0 Å². The normalized spacial score (nSPS) is 11.4. The maximum atomic E-state index is 12.6. The molecule has 2 amide bonds. The monoisotopic (exact) mass is 369 g/mol. The highest BCUT2D eigenvalue weighted by Crippen LogP contribution is 2.11. The van der Waals surface area contributed by atoms with E-state index in [0.29, 0.717) is 36.9 Å². The van der Waals surface area contributed by atoms with Gasteiger partial charge >= 0.3 is 5.97 Å². The first-order valence-corrected chi connectivity index (χ1v) is 8.85. The summed E-state index contributed by atoms with van der Waals surface area (Å²) in [7, 11) is 0. The Morgan fingerprint density at radius 2 is 1.78 bits per heavy atom. The lowest BCUT2D eigenvalue weighted by Crippen LogP contribution is -2.43. The first-order chi connectivity index (χ1) is 13.1. The zero-order valence-electron chi connectivity index (χ0n) is 14.9. The van der Waals surface area contributed by atoms with Crippen molar-refractivity contribution in [1.82, 2.24) is 10.3 Å². The number of amides is 2. The van der Waals surface area contributed by atoms with Crippen molar-refractivity contribution < 1.29 is 19.5 Å². The average molecular weight is 369 g/mol. The SMILES string of the molecule is O=C(O)CCCCCC(NC(=O)c1cccnc1)C(=O)Nc1ccccc1. The van der Waals surface area contributed by atoms with Crippen LogP contribution in [0.5, 0.6) is 0 Å². The van der Waals surface area contributed by atoms with Gasteiger partial charge in [0.15, 0.2) is 0 Å². The van der Waals surface area contributed by atoms with Gasteiger partial charge in [0, 0.05) is 24.5 Å². The minimum absolute atomic E-state index is 0.100. The molecule has 7 heteroatoms. The number of unbranched alkanes of at least 4 members (excludes halogenated alkanes) is 2. The molecule has 2 aromatic rings. The number of benzene rings is 1. The number of hydrogen-bond acceptors (Lipinski definition) is 4. The fourth-order valence-corrected chi connectivity index (χ4v) is 2.56.